The van der Waals surface area contributed by atoms with Gasteiger partial charge in [0.1, 0.15) is 0 Å². The van der Waals surface area contributed by atoms with Crippen LogP contribution < -0.4 is 10.6 Å². The van der Waals surface area contributed by atoms with Crippen molar-refractivity contribution >= 4 is 63.7 Å². The molecule has 0 aliphatic rings. The maximum atomic E-state index is 12.2. The SMILES string of the molecule is FC(F)Sc1ccc(NC(=S)Nc2ccc(Cl)cc2Cl)cc1. The monoisotopic (exact) mass is 378 g/mol. The highest BCUT2D eigenvalue weighted by molar-refractivity contribution is 7.99. The summed E-state index contributed by atoms with van der Waals surface area (Å²) in [5.41, 5.74) is 1.30. The lowest BCUT2D eigenvalue weighted by atomic mass is 10.3. The lowest BCUT2D eigenvalue weighted by Crippen LogP contribution is -2.19. The van der Waals surface area contributed by atoms with E-state index in [0.717, 1.165) is 0 Å². The van der Waals surface area contributed by atoms with Crippen LogP contribution in [0.5, 0.6) is 0 Å². The third kappa shape index (κ3) is 5.28. The summed E-state index contributed by atoms with van der Waals surface area (Å²) in [7, 11) is 0. The molecule has 0 heterocycles. The smallest absolute Gasteiger partial charge is 0.288 e. The van der Waals surface area contributed by atoms with Crippen LogP contribution in [0, 0.1) is 0 Å². The molecule has 8 heteroatoms. The molecular formula is C14H10Cl2F2N2S2. The first-order valence-electron chi connectivity index (χ1n) is 6.02. The number of halogens is 4. The molecule has 2 aromatic carbocycles. The fourth-order valence-electron chi connectivity index (χ4n) is 1.60. The van der Waals surface area contributed by atoms with Crippen molar-refractivity contribution in [1.29, 1.82) is 0 Å². The molecule has 0 radical (unpaired) electrons. The van der Waals surface area contributed by atoms with Gasteiger partial charge in [-0.25, -0.2) is 0 Å². The van der Waals surface area contributed by atoms with Crippen LogP contribution in [-0.4, -0.2) is 10.9 Å². The van der Waals surface area contributed by atoms with Gasteiger partial charge in [0.25, 0.3) is 5.76 Å². The van der Waals surface area contributed by atoms with Gasteiger partial charge in [0.2, 0.25) is 0 Å². The fourth-order valence-corrected chi connectivity index (χ4v) is 2.78. The molecule has 0 atom stereocenters. The predicted molar refractivity (Wildman–Crippen MR) is 94.6 cm³/mol. The van der Waals surface area contributed by atoms with Gasteiger partial charge < -0.3 is 10.6 Å². The number of thiocarbonyl (C=S) groups is 1. The van der Waals surface area contributed by atoms with E-state index in [1.807, 2.05) is 0 Å². The molecule has 0 aliphatic heterocycles. The highest BCUT2D eigenvalue weighted by Crippen LogP contribution is 2.27. The van der Waals surface area contributed by atoms with E-state index in [9.17, 15) is 8.78 Å². The van der Waals surface area contributed by atoms with Gasteiger partial charge in [-0.1, -0.05) is 35.0 Å². The highest BCUT2D eigenvalue weighted by atomic mass is 35.5. The first-order chi connectivity index (χ1) is 10.4. The molecule has 0 spiro atoms. The molecule has 0 saturated heterocycles. The second-order valence-corrected chi connectivity index (χ2v) is 6.42. The summed E-state index contributed by atoms with van der Waals surface area (Å²) in [4.78, 5) is 0.486. The van der Waals surface area contributed by atoms with Gasteiger partial charge in [-0.3, -0.25) is 0 Å². The molecule has 0 fully saturated rings. The van der Waals surface area contributed by atoms with E-state index in [2.05, 4.69) is 10.6 Å². The van der Waals surface area contributed by atoms with E-state index in [1.54, 1.807) is 42.5 Å². The zero-order valence-electron chi connectivity index (χ0n) is 10.9. The van der Waals surface area contributed by atoms with Crippen molar-refractivity contribution in [2.24, 2.45) is 0 Å². The molecule has 2 N–H and O–H groups in total. The minimum Gasteiger partial charge on any atom is -0.332 e. The lowest BCUT2D eigenvalue weighted by Gasteiger charge is -2.12. The van der Waals surface area contributed by atoms with Crippen LogP contribution >= 0.6 is 47.2 Å². The van der Waals surface area contributed by atoms with Crippen LogP contribution in [0.2, 0.25) is 10.0 Å². The molecule has 116 valence electrons. The van der Waals surface area contributed by atoms with Gasteiger partial charge in [-0.05, 0) is 54.7 Å². The molecule has 0 aromatic heterocycles. The molecular weight excluding hydrogens is 369 g/mol. The molecule has 0 unspecified atom stereocenters. The van der Waals surface area contributed by atoms with Crippen molar-refractivity contribution < 1.29 is 8.78 Å². The Balaban J connectivity index is 1.97. The van der Waals surface area contributed by atoms with Gasteiger partial charge in [-0.2, -0.15) is 8.78 Å². The summed E-state index contributed by atoms with van der Waals surface area (Å²) >= 11 is 17.5. The first-order valence-corrected chi connectivity index (χ1v) is 8.06. The van der Waals surface area contributed by atoms with Crippen molar-refractivity contribution in [2.45, 2.75) is 10.7 Å². The zero-order chi connectivity index (χ0) is 16.1. The van der Waals surface area contributed by atoms with E-state index in [0.29, 0.717) is 43.2 Å². The fraction of sp³-hybridized carbons (Fsp3) is 0.0714. The third-order valence-corrected chi connectivity index (χ3v) is 3.99. The average Bonchev–Trinajstić information content (AvgIpc) is 2.43. The first kappa shape index (κ1) is 17.3. The van der Waals surface area contributed by atoms with Crippen LogP contribution in [0.15, 0.2) is 47.4 Å². The minimum absolute atomic E-state index is 0.332. The van der Waals surface area contributed by atoms with Crippen molar-refractivity contribution in [3.63, 3.8) is 0 Å². The van der Waals surface area contributed by atoms with Gasteiger partial charge in [0.15, 0.2) is 5.11 Å². The molecule has 0 bridgehead atoms. The number of anilines is 2. The standard InChI is InChI=1S/C14H10Cl2F2N2S2/c15-8-1-6-12(11(16)7-8)20-14(21)19-9-2-4-10(5-3-9)22-13(17)18/h1-7,13H,(H2,19,20,21). The molecule has 22 heavy (non-hydrogen) atoms. The molecule has 0 amide bonds. The number of nitrogens with one attached hydrogen (secondary N) is 2. The highest BCUT2D eigenvalue weighted by Gasteiger charge is 2.06. The summed E-state index contributed by atoms with van der Waals surface area (Å²) in [6, 6.07) is 11.5. The molecule has 2 rings (SSSR count). The predicted octanol–water partition coefficient (Wildman–Crippen LogP) is 6.12. The summed E-state index contributed by atoms with van der Waals surface area (Å²) in [6.07, 6.45) is 0. The Kier molecular flexibility index (Phi) is 6.26. The number of hydrogen-bond acceptors (Lipinski definition) is 2. The van der Waals surface area contributed by atoms with Crippen LogP contribution in [-0.2, 0) is 0 Å². The van der Waals surface area contributed by atoms with Gasteiger partial charge in [-0.15, -0.1) is 0 Å². The van der Waals surface area contributed by atoms with E-state index < -0.39 is 5.76 Å². The number of hydrogen-bond donors (Lipinski definition) is 2. The van der Waals surface area contributed by atoms with Gasteiger partial charge >= 0.3 is 0 Å². The maximum absolute atomic E-state index is 12.2. The number of alkyl halides is 2. The molecule has 2 nitrogen and oxygen atoms in total. The lowest BCUT2D eigenvalue weighted by molar-refractivity contribution is 0.252. The van der Waals surface area contributed by atoms with Crippen molar-refractivity contribution in [3.05, 3.63) is 52.5 Å². The Bertz CT molecular complexity index is 666. The summed E-state index contributed by atoms with van der Waals surface area (Å²) in [6.45, 7) is 0. The number of benzene rings is 2. The summed E-state index contributed by atoms with van der Waals surface area (Å²) < 4.78 is 24.5. The molecule has 0 saturated carbocycles. The zero-order valence-corrected chi connectivity index (χ0v) is 14.1. The Labute approximate surface area is 146 Å². The quantitative estimate of drug-likeness (QED) is 0.494. The van der Waals surface area contributed by atoms with Crippen LogP contribution in [0.3, 0.4) is 0 Å². The van der Waals surface area contributed by atoms with Crippen LogP contribution in [0.25, 0.3) is 0 Å². The second-order valence-electron chi connectivity index (χ2n) is 4.11. The van der Waals surface area contributed by atoms with Crippen molar-refractivity contribution in [1.82, 2.24) is 0 Å². The van der Waals surface area contributed by atoms with E-state index in [1.165, 1.54) is 0 Å². The van der Waals surface area contributed by atoms with Gasteiger partial charge in [0, 0.05) is 15.6 Å². The topological polar surface area (TPSA) is 24.1 Å². The Morgan fingerprint density at radius 3 is 2.32 bits per heavy atom. The van der Waals surface area contributed by atoms with Crippen LogP contribution in [0.4, 0.5) is 20.2 Å². The molecule has 2 aromatic rings. The normalized spacial score (nSPS) is 10.6. The van der Waals surface area contributed by atoms with Gasteiger partial charge in [0.05, 0.1) is 10.7 Å². The third-order valence-electron chi connectivity index (χ3n) is 2.52. The summed E-state index contributed by atoms with van der Waals surface area (Å²) in [5.74, 6) is -2.44. The summed E-state index contributed by atoms with van der Waals surface area (Å²) in [5, 5.41) is 7.19. The van der Waals surface area contributed by atoms with E-state index >= 15 is 0 Å². The van der Waals surface area contributed by atoms with E-state index in [-0.39, 0.29) is 0 Å². The number of rotatable bonds is 4. The number of thioether (sulfide) groups is 1. The minimum atomic E-state index is -2.44. The van der Waals surface area contributed by atoms with Crippen molar-refractivity contribution in [2.75, 3.05) is 10.6 Å². The Morgan fingerprint density at radius 1 is 1.05 bits per heavy atom. The Hall–Kier alpha value is -1.08. The molecule has 0 aliphatic carbocycles. The average molecular weight is 379 g/mol. The largest absolute Gasteiger partial charge is 0.332 e. The van der Waals surface area contributed by atoms with Crippen molar-refractivity contribution in [3.8, 4) is 0 Å². The maximum Gasteiger partial charge on any atom is 0.288 e. The van der Waals surface area contributed by atoms with Crippen LogP contribution in [0.1, 0.15) is 0 Å². The second kappa shape index (κ2) is 7.97. The van der Waals surface area contributed by atoms with E-state index in [4.69, 9.17) is 35.4 Å². The Morgan fingerprint density at radius 2 is 1.73 bits per heavy atom.